The second-order valence-electron chi connectivity index (χ2n) is 8.43. The number of carbonyl (C=O) groups is 3. The van der Waals surface area contributed by atoms with E-state index in [1.807, 2.05) is 0 Å². The van der Waals surface area contributed by atoms with E-state index in [1.165, 1.54) is 30.9 Å². The summed E-state index contributed by atoms with van der Waals surface area (Å²) in [5.41, 5.74) is 0.481. The van der Waals surface area contributed by atoms with Gasteiger partial charge in [0.2, 0.25) is 0 Å². The molecule has 2 saturated heterocycles. The van der Waals surface area contributed by atoms with Crippen molar-refractivity contribution in [2.45, 2.75) is 38.1 Å². The van der Waals surface area contributed by atoms with Crippen molar-refractivity contribution in [2.24, 2.45) is 0 Å². The number of ether oxygens (including phenoxy) is 4. The van der Waals surface area contributed by atoms with Gasteiger partial charge in [0.1, 0.15) is 31.4 Å². The summed E-state index contributed by atoms with van der Waals surface area (Å²) in [4.78, 5) is 47.9. The fraction of sp³-hybridized carbons (Fsp3) is 0.391. The molecular weight excluding hydrogens is 504 g/mol. The molecule has 2 fully saturated rings. The van der Waals surface area contributed by atoms with Crippen molar-refractivity contribution in [3.63, 3.8) is 0 Å². The molecule has 4 unspecified atom stereocenters. The highest BCUT2D eigenvalue weighted by molar-refractivity contribution is 5.97. The zero-order valence-electron chi connectivity index (χ0n) is 20.1. The Morgan fingerprint density at radius 2 is 1.84 bits per heavy atom. The third kappa shape index (κ3) is 4.74. The van der Waals surface area contributed by atoms with Gasteiger partial charge >= 0.3 is 18.0 Å². The minimum atomic E-state index is -1.26. The van der Waals surface area contributed by atoms with Crippen LogP contribution < -0.4 is 10.6 Å². The van der Waals surface area contributed by atoms with Crippen LogP contribution in [0.5, 0.6) is 0 Å². The lowest BCUT2D eigenvalue weighted by atomic mass is 10.0. The Morgan fingerprint density at radius 3 is 2.55 bits per heavy atom. The lowest BCUT2D eigenvalue weighted by Gasteiger charge is -2.19. The Bertz CT molecular complexity index is 1350. The molecule has 15 heteroatoms. The molecule has 4 atom stereocenters. The zero-order chi connectivity index (χ0) is 26.8. The summed E-state index contributed by atoms with van der Waals surface area (Å²) in [5.74, 6) is -2.29. The third-order valence-electron chi connectivity index (χ3n) is 6.17. The highest BCUT2D eigenvalue weighted by atomic mass is 16.7. The Balaban J connectivity index is 1.33. The third-order valence-corrected chi connectivity index (χ3v) is 6.17. The van der Waals surface area contributed by atoms with Crippen molar-refractivity contribution in [2.75, 3.05) is 25.3 Å². The molecule has 0 aliphatic carbocycles. The van der Waals surface area contributed by atoms with E-state index in [-0.39, 0.29) is 42.5 Å². The van der Waals surface area contributed by atoms with Crippen LogP contribution in [0.15, 0.2) is 30.9 Å². The van der Waals surface area contributed by atoms with Crippen LogP contribution >= 0.6 is 0 Å². The van der Waals surface area contributed by atoms with E-state index in [4.69, 9.17) is 18.9 Å². The molecule has 4 N–H and O–H groups in total. The van der Waals surface area contributed by atoms with E-state index in [0.717, 1.165) is 0 Å². The number of anilines is 1. The molecule has 4 heterocycles. The topological polar surface area (TPSA) is 196 Å². The van der Waals surface area contributed by atoms with Crippen molar-refractivity contribution >= 4 is 35.0 Å². The van der Waals surface area contributed by atoms with Crippen LogP contribution in [-0.4, -0.2) is 86.0 Å². The number of hydrogen-bond donors (Lipinski definition) is 4. The van der Waals surface area contributed by atoms with Gasteiger partial charge in [-0.15, -0.1) is 0 Å². The molecule has 200 valence electrons. The minimum absolute atomic E-state index is 0.0281. The van der Waals surface area contributed by atoms with E-state index in [9.17, 15) is 24.6 Å². The molecule has 0 saturated carbocycles. The number of aromatic nitrogens is 4. The fourth-order valence-electron chi connectivity index (χ4n) is 4.50. The molecule has 15 nitrogen and oxygen atoms in total. The number of carboxylic acid groups (broad SMARTS) is 2. The van der Waals surface area contributed by atoms with E-state index in [1.54, 1.807) is 11.5 Å². The maximum Gasteiger partial charge on any atom is 0.336 e. The molecule has 5 rings (SSSR count). The summed E-state index contributed by atoms with van der Waals surface area (Å²) in [6.45, 7) is 1.97. The van der Waals surface area contributed by atoms with E-state index in [2.05, 4.69) is 25.6 Å². The Morgan fingerprint density at radius 1 is 1.11 bits per heavy atom. The number of benzene rings is 1. The molecule has 0 radical (unpaired) electrons. The lowest BCUT2D eigenvalue weighted by Crippen LogP contribution is -2.31. The molecule has 2 aliphatic heterocycles. The average Bonchev–Trinajstić information content (AvgIpc) is 3.61. The Labute approximate surface area is 214 Å². The highest BCUT2D eigenvalue weighted by Gasteiger charge is 2.51. The van der Waals surface area contributed by atoms with Gasteiger partial charge in [-0.25, -0.2) is 29.3 Å². The molecule has 0 spiro atoms. The van der Waals surface area contributed by atoms with Crippen molar-refractivity contribution in [3.05, 3.63) is 47.5 Å². The first-order valence-corrected chi connectivity index (χ1v) is 11.7. The van der Waals surface area contributed by atoms with E-state index in [0.29, 0.717) is 17.7 Å². The number of amides is 2. The van der Waals surface area contributed by atoms with Crippen molar-refractivity contribution < 1.29 is 43.5 Å². The predicted molar refractivity (Wildman–Crippen MR) is 127 cm³/mol. The van der Waals surface area contributed by atoms with Gasteiger partial charge in [0.05, 0.1) is 30.7 Å². The number of nitrogens with zero attached hydrogens (tertiary/aromatic N) is 4. The maximum absolute atomic E-state index is 12.0. The molecule has 2 aliphatic rings. The van der Waals surface area contributed by atoms with Crippen LogP contribution in [0.3, 0.4) is 0 Å². The maximum atomic E-state index is 12.0. The number of hydrogen-bond acceptors (Lipinski definition) is 10. The van der Waals surface area contributed by atoms with Gasteiger partial charge in [0, 0.05) is 12.1 Å². The van der Waals surface area contributed by atoms with Gasteiger partial charge in [-0.1, -0.05) is 6.07 Å². The van der Waals surface area contributed by atoms with Gasteiger partial charge in [-0.3, -0.25) is 9.88 Å². The number of rotatable bonds is 9. The molecular formula is C23H24N6O9. The molecule has 3 aromatic rings. The van der Waals surface area contributed by atoms with Crippen molar-refractivity contribution in [3.8, 4) is 0 Å². The van der Waals surface area contributed by atoms with Gasteiger partial charge in [-0.2, -0.15) is 0 Å². The predicted octanol–water partition coefficient (Wildman–Crippen LogP) is 1.22. The first-order chi connectivity index (χ1) is 18.4. The summed E-state index contributed by atoms with van der Waals surface area (Å²) < 4.78 is 25.0. The van der Waals surface area contributed by atoms with Crippen LogP contribution in [0.4, 0.5) is 10.6 Å². The quantitative estimate of drug-likeness (QED) is 0.310. The lowest BCUT2D eigenvalue weighted by molar-refractivity contribution is -0.117. The summed E-state index contributed by atoms with van der Waals surface area (Å²) in [6.07, 6.45) is 0.426. The van der Waals surface area contributed by atoms with E-state index < -0.39 is 42.5 Å². The van der Waals surface area contributed by atoms with Gasteiger partial charge in [-0.05, 0) is 19.1 Å². The van der Waals surface area contributed by atoms with E-state index >= 15 is 0 Å². The number of aromatic carboxylic acids is 2. The summed E-state index contributed by atoms with van der Waals surface area (Å²) >= 11 is 0. The first kappa shape index (κ1) is 25.5. The standard InChI is InChI=1S/C23H24N6O9/c1-2-24-23(34)28-18-15-19(26-8-25-18)29(9-27-15)20-17-16(36-10-37-17)14(38-20)7-35-6-13-11(21(30)31)4-3-5-12(13)22(32)33/h3-5,8-9,14,16-17,20H,2,6-7,10H2,1H3,(H,30,31)(H,32,33)(H2,24,25,26,28,34). The van der Waals surface area contributed by atoms with Gasteiger partial charge in [0.15, 0.2) is 23.2 Å². The summed E-state index contributed by atoms with van der Waals surface area (Å²) in [7, 11) is 0. The molecule has 1 aromatic carbocycles. The van der Waals surface area contributed by atoms with Gasteiger partial charge < -0.3 is 34.5 Å². The number of carboxylic acids is 2. The number of urea groups is 1. The normalized spacial score (nSPS) is 22.3. The molecule has 2 amide bonds. The first-order valence-electron chi connectivity index (χ1n) is 11.7. The second-order valence-corrected chi connectivity index (χ2v) is 8.43. The summed E-state index contributed by atoms with van der Waals surface area (Å²) in [6, 6.07) is 3.58. The Hall–Kier alpha value is -4.18. The van der Waals surface area contributed by atoms with Crippen LogP contribution in [0, 0.1) is 0 Å². The van der Waals surface area contributed by atoms with Crippen LogP contribution in [-0.2, 0) is 25.6 Å². The number of carbonyl (C=O) groups excluding carboxylic acids is 1. The second kappa shape index (κ2) is 10.7. The fourth-order valence-corrected chi connectivity index (χ4v) is 4.50. The molecule has 0 bridgehead atoms. The minimum Gasteiger partial charge on any atom is -0.478 e. The van der Waals surface area contributed by atoms with Gasteiger partial charge in [0.25, 0.3) is 0 Å². The van der Waals surface area contributed by atoms with Crippen LogP contribution in [0.2, 0.25) is 0 Å². The monoisotopic (exact) mass is 528 g/mol. The molecule has 38 heavy (non-hydrogen) atoms. The van der Waals surface area contributed by atoms with Crippen molar-refractivity contribution in [1.29, 1.82) is 0 Å². The van der Waals surface area contributed by atoms with Crippen LogP contribution in [0.1, 0.15) is 39.4 Å². The SMILES string of the molecule is CCNC(=O)Nc1ncnc2c1ncn2C1OC(COCc2c(C(=O)O)cccc2C(=O)O)C2OCOC21. The number of fused-ring (bicyclic) bond motifs is 2. The zero-order valence-corrected chi connectivity index (χ0v) is 20.1. The Kier molecular flexibility index (Phi) is 7.15. The summed E-state index contributed by atoms with van der Waals surface area (Å²) in [5, 5.41) is 24.2. The highest BCUT2D eigenvalue weighted by Crippen LogP contribution is 2.38. The smallest absolute Gasteiger partial charge is 0.336 e. The average molecular weight is 528 g/mol. The molecule has 2 aromatic heterocycles. The van der Waals surface area contributed by atoms with Crippen molar-refractivity contribution in [1.82, 2.24) is 24.8 Å². The van der Waals surface area contributed by atoms with Crippen LogP contribution in [0.25, 0.3) is 11.2 Å². The largest absolute Gasteiger partial charge is 0.478 e. The number of nitrogens with one attached hydrogen (secondary N) is 2. The number of imidazole rings is 1.